The molecule has 0 unspecified atom stereocenters. The van der Waals surface area contributed by atoms with Gasteiger partial charge in [0.25, 0.3) is 0 Å². The molecule has 24 heavy (non-hydrogen) atoms. The second kappa shape index (κ2) is 7.30. The summed E-state index contributed by atoms with van der Waals surface area (Å²) in [7, 11) is 0. The van der Waals surface area contributed by atoms with E-state index in [1.165, 1.54) is 5.56 Å². The highest BCUT2D eigenvalue weighted by atomic mass is 15.3. The minimum absolute atomic E-state index is 0.433. The summed E-state index contributed by atoms with van der Waals surface area (Å²) in [4.78, 5) is 4.40. The van der Waals surface area contributed by atoms with E-state index < -0.39 is 0 Å². The smallest absolute Gasteiger partial charge is 0.0679 e. The topological polar surface area (TPSA) is 42.7 Å². The number of aromatic nitrogens is 3. The van der Waals surface area contributed by atoms with Crippen LogP contribution in [-0.2, 0) is 6.42 Å². The Morgan fingerprint density at radius 3 is 2.58 bits per heavy atom. The van der Waals surface area contributed by atoms with Gasteiger partial charge in [0.05, 0.1) is 11.9 Å². The van der Waals surface area contributed by atoms with Crippen molar-refractivity contribution in [3.05, 3.63) is 60.7 Å². The predicted octanol–water partition coefficient (Wildman–Crippen LogP) is 4.71. The van der Waals surface area contributed by atoms with Gasteiger partial charge in [0.15, 0.2) is 0 Å². The molecular formula is C20H24N4. The molecule has 3 aromatic rings. The van der Waals surface area contributed by atoms with Crippen LogP contribution >= 0.6 is 0 Å². The molecule has 2 heterocycles. The zero-order valence-corrected chi connectivity index (χ0v) is 14.5. The first-order valence-electron chi connectivity index (χ1n) is 8.52. The van der Waals surface area contributed by atoms with Gasteiger partial charge in [0.2, 0.25) is 0 Å². The molecule has 0 radical (unpaired) electrons. The third-order valence-corrected chi connectivity index (χ3v) is 3.83. The number of anilines is 1. The van der Waals surface area contributed by atoms with E-state index in [0.717, 1.165) is 35.5 Å². The van der Waals surface area contributed by atoms with Gasteiger partial charge in [-0.2, -0.15) is 5.10 Å². The third kappa shape index (κ3) is 3.82. The number of benzene rings is 1. The lowest BCUT2D eigenvalue weighted by atomic mass is 10.1. The Kier molecular flexibility index (Phi) is 4.94. The Balaban J connectivity index is 1.81. The van der Waals surface area contributed by atoms with E-state index in [2.05, 4.69) is 72.7 Å². The number of hydrogen-bond acceptors (Lipinski definition) is 3. The fourth-order valence-corrected chi connectivity index (χ4v) is 2.71. The van der Waals surface area contributed by atoms with E-state index in [4.69, 9.17) is 0 Å². The first kappa shape index (κ1) is 16.2. The lowest BCUT2D eigenvalue weighted by molar-refractivity contribution is 0.848. The lowest BCUT2D eigenvalue weighted by Gasteiger charge is -2.10. The van der Waals surface area contributed by atoms with Crippen LogP contribution in [0.3, 0.4) is 0 Å². The molecule has 124 valence electrons. The molecule has 0 spiro atoms. The normalized spacial score (nSPS) is 11.0. The Labute approximate surface area is 143 Å². The van der Waals surface area contributed by atoms with Gasteiger partial charge in [-0.3, -0.25) is 4.98 Å². The first-order valence-corrected chi connectivity index (χ1v) is 8.52. The minimum atomic E-state index is 0.433. The molecule has 0 fully saturated rings. The fraction of sp³-hybridized carbons (Fsp3) is 0.300. The van der Waals surface area contributed by atoms with Crippen LogP contribution in [0.25, 0.3) is 16.8 Å². The molecule has 1 N–H and O–H groups in total. The number of hydrogen-bond donors (Lipinski definition) is 1. The summed E-state index contributed by atoms with van der Waals surface area (Å²) in [5.74, 6) is 0. The van der Waals surface area contributed by atoms with Crippen molar-refractivity contribution in [2.24, 2.45) is 0 Å². The van der Waals surface area contributed by atoms with Crippen LogP contribution in [0.1, 0.15) is 32.9 Å². The lowest BCUT2D eigenvalue weighted by Crippen LogP contribution is -2.09. The summed E-state index contributed by atoms with van der Waals surface area (Å²) in [5.41, 5.74) is 5.58. The van der Waals surface area contributed by atoms with Crippen molar-refractivity contribution in [2.75, 3.05) is 5.32 Å². The van der Waals surface area contributed by atoms with Crippen molar-refractivity contribution < 1.29 is 0 Å². The average Bonchev–Trinajstić information content (AvgIpc) is 3.06. The number of nitrogens with zero attached hydrogens (tertiary/aromatic N) is 3. The summed E-state index contributed by atoms with van der Waals surface area (Å²) >= 11 is 0. The molecule has 0 bridgehead atoms. The van der Waals surface area contributed by atoms with Crippen LogP contribution in [0.4, 0.5) is 5.69 Å². The molecular weight excluding hydrogens is 296 g/mol. The Hall–Kier alpha value is -2.62. The van der Waals surface area contributed by atoms with Crippen molar-refractivity contribution in [3.8, 4) is 16.8 Å². The van der Waals surface area contributed by atoms with Gasteiger partial charge in [-0.1, -0.05) is 25.5 Å². The molecule has 3 rings (SSSR count). The van der Waals surface area contributed by atoms with Crippen molar-refractivity contribution in [1.29, 1.82) is 0 Å². The van der Waals surface area contributed by atoms with Gasteiger partial charge in [0, 0.05) is 35.4 Å². The van der Waals surface area contributed by atoms with Crippen LogP contribution in [0.2, 0.25) is 0 Å². The van der Waals surface area contributed by atoms with E-state index in [1.54, 1.807) is 0 Å². The Bertz CT molecular complexity index is 787. The zero-order valence-electron chi connectivity index (χ0n) is 14.5. The molecule has 0 saturated carbocycles. The molecule has 0 aliphatic heterocycles. The van der Waals surface area contributed by atoms with Gasteiger partial charge in [-0.05, 0) is 50.1 Å². The van der Waals surface area contributed by atoms with Crippen molar-refractivity contribution in [1.82, 2.24) is 14.8 Å². The number of nitrogens with one attached hydrogen (secondary N) is 1. The molecule has 2 aromatic heterocycles. The predicted molar refractivity (Wildman–Crippen MR) is 99.5 cm³/mol. The summed E-state index contributed by atoms with van der Waals surface area (Å²) in [6.07, 6.45) is 7.92. The molecule has 0 aliphatic carbocycles. The average molecular weight is 320 g/mol. The molecule has 4 heteroatoms. The summed E-state index contributed by atoms with van der Waals surface area (Å²) < 4.78 is 1.91. The van der Waals surface area contributed by atoms with Gasteiger partial charge < -0.3 is 5.32 Å². The van der Waals surface area contributed by atoms with E-state index >= 15 is 0 Å². The first-order chi connectivity index (χ1) is 11.7. The molecule has 0 atom stereocenters. The fourth-order valence-electron chi connectivity index (χ4n) is 2.71. The number of aryl methyl sites for hydroxylation is 1. The van der Waals surface area contributed by atoms with Gasteiger partial charge in [0.1, 0.15) is 0 Å². The monoisotopic (exact) mass is 320 g/mol. The van der Waals surface area contributed by atoms with Crippen molar-refractivity contribution >= 4 is 5.69 Å². The molecule has 0 aliphatic rings. The number of rotatable bonds is 6. The highest BCUT2D eigenvalue weighted by Crippen LogP contribution is 2.22. The van der Waals surface area contributed by atoms with Crippen LogP contribution < -0.4 is 5.32 Å². The molecule has 1 aromatic carbocycles. The van der Waals surface area contributed by atoms with Gasteiger partial charge in [-0.15, -0.1) is 0 Å². The highest BCUT2D eigenvalue weighted by Gasteiger charge is 2.05. The Morgan fingerprint density at radius 2 is 1.88 bits per heavy atom. The Morgan fingerprint density at radius 1 is 1.08 bits per heavy atom. The van der Waals surface area contributed by atoms with Gasteiger partial charge >= 0.3 is 0 Å². The second-order valence-corrected chi connectivity index (χ2v) is 6.31. The van der Waals surface area contributed by atoms with Crippen molar-refractivity contribution in [2.45, 2.75) is 39.7 Å². The van der Waals surface area contributed by atoms with Crippen LogP contribution in [-0.4, -0.2) is 20.8 Å². The SMILES string of the molecule is CCCc1cc(-n2cc(-c3ccc(NC(C)C)cc3)cn2)ccn1. The highest BCUT2D eigenvalue weighted by molar-refractivity contribution is 5.65. The summed E-state index contributed by atoms with van der Waals surface area (Å²) in [6, 6.07) is 13.0. The maximum Gasteiger partial charge on any atom is 0.0679 e. The van der Waals surface area contributed by atoms with Crippen molar-refractivity contribution in [3.63, 3.8) is 0 Å². The van der Waals surface area contributed by atoms with E-state index in [0.29, 0.717) is 6.04 Å². The summed E-state index contributed by atoms with van der Waals surface area (Å²) in [5, 5.41) is 7.91. The zero-order chi connectivity index (χ0) is 16.9. The maximum absolute atomic E-state index is 4.51. The third-order valence-electron chi connectivity index (χ3n) is 3.83. The van der Waals surface area contributed by atoms with Crippen LogP contribution in [0.5, 0.6) is 0 Å². The molecule has 0 amide bonds. The largest absolute Gasteiger partial charge is 0.383 e. The second-order valence-electron chi connectivity index (χ2n) is 6.31. The number of pyridine rings is 1. The van der Waals surface area contributed by atoms with Crippen LogP contribution in [0, 0.1) is 0 Å². The van der Waals surface area contributed by atoms with Crippen LogP contribution in [0.15, 0.2) is 55.0 Å². The standard InChI is InChI=1S/C20H24N4/c1-4-5-19-12-20(10-11-21-19)24-14-17(13-22-24)16-6-8-18(9-7-16)23-15(2)3/h6-15,23H,4-5H2,1-3H3. The minimum Gasteiger partial charge on any atom is -0.383 e. The molecule has 4 nitrogen and oxygen atoms in total. The van der Waals surface area contributed by atoms with E-state index in [-0.39, 0.29) is 0 Å². The summed E-state index contributed by atoms with van der Waals surface area (Å²) in [6.45, 7) is 6.44. The van der Waals surface area contributed by atoms with E-state index in [9.17, 15) is 0 Å². The molecule has 0 saturated heterocycles. The van der Waals surface area contributed by atoms with E-state index in [1.807, 2.05) is 23.1 Å². The van der Waals surface area contributed by atoms with Gasteiger partial charge in [-0.25, -0.2) is 4.68 Å². The maximum atomic E-state index is 4.51. The quantitative estimate of drug-likeness (QED) is 0.715.